The Morgan fingerprint density at radius 2 is 2.25 bits per heavy atom. The first-order valence-electron chi connectivity index (χ1n) is 5.32. The number of nitrogens with one attached hydrogen (secondary N) is 1. The first kappa shape index (κ1) is 10.2. The van der Waals surface area contributed by atoms with Crippen LogP contribution in [-0.4, -0.2) is 24.9 Å². The van der Waals surface area contributed by atoms with Crippen molar-refractivity contribution in [1.82, 2.24) is 0 Å². The van der Waals surface area contributed by atoms with Crippen LogP contribution in [0.25, 0.3) is 0 Å². The zero-order chi connectivity index (χ0) is 11.2. The Morgan fingerprint density at radius 1 is 1.44 bits per heavy atom. The summed E-state index contributed by atoms with van der Waals surface area (Å²) in [6.07, 6.45) is 0. The number of rotatable bonds is 1. The summed E-state index contributed by atoms with van der Waals surface area (Å²) in [5.41, 5.74) is 2.33. The van der Waals surface area contributed by atoms with Crippen LogP contribution in [0.15, 0.2) is 23.1 Å². The normalized spacial score (nSPS) is 21.9. The van der Waals surface area contributed by atoms with Crippen molar-refractivity contribution in [2.75, 3.05) is 24.3 Å². The third-order valence-corrected chi connectivity index (χ3v) is 4.22. The number of amides is 1. The zero-order valence-corrected chi connectivity index (χ0v) is 9.89. The van der Waals surface area contributed by atoms with Crippen LogP contribution in [0.5, 0.6) is 0 Å². The molecule has 16 heavy (non-hydrogen) atoms. The van der Waals surface area contributed by atoms with Gasteiger partial charge in [0.2, 0.25) is 5.91 Å². The van der Waals surface area contributed by atoms with E-state index < -0.39 is 0 Å². The predicted octanol–water partition coefficient (Wildman–Crippen LogP) is 2.02. The van der Waals surface area contributed by atoms with Crippen LogP contribution >= 0.6 is 11.8 Å². The third kappa shape index (κ3) is 1.53. The molecule has 0 atom stereocenters. The summed E-state index contributed by atoms with van der Waals surface area (Å²) in [6.45, 7) is 3.73. The molecule has 0 saturated carbocycles. The van der Waals surface area contributed by atoms with Gasteiger partial charge in [0.15, 0.2) is 0 Å². The summed E-state index contributed by atoms with van der Waals surface area (Å²) in [6, 6.07) is 6.33. The van der Waals surface area contributed by atoms with Crippen LogP contribution < -0.4 is 5.32 Å². The molecule has 2 aliphatic rings. The van der Waals surface area contributed by atoms with Crippen LogP contribution in [0.4, 0.5) is 5.69 Å². The summed E-state index contributed by atoms with van der Waals surface area (Å²) >= 11 is 1.60. The second kappa shape index (κ2) is 3.50. The van der Waals surface area contributed by atoms with Gasteiger partial charge in [-0.1, -0.05) is 13.0 Å². The fourth-order valence-corrected chi connectivity index (χ4v) is 2.82. The van der Waals surface area contributed by atoms with Gasteiger partial charge >= 0.3 is 0 Å². The van der Waals surface area contributed by atoms with E-state index in [1.165, 1.54) is 5.56 Å². The van der Waals surface area contributed by atoms with Crippen LogP contribution in [-0.2, 0) is 14.9 Å². The lowest BCUT2D eigenvalue weighted by atomic mass is 9.81. The number of benzene rings is 1. The number of hydrogen-bond acceptors (Lipinski definition) is 3. The average molecular weight is 235 g/mol. The largest absolute Gasteiger partial charge is 0.379 e. The summed E-state index contributed by atoms with van der Waals surface area (Å²) in [7, 11) is 0. The molecule has 0 radical (unpaired) electrons. The highest BCUT2D eigenvalue weighted by molar-refractivity contribution is 8.00. The molecule has 4 heteroatoms. The van der Waals surface area contributed by atoms with Crippen molar-refractivity contribution >= 4 is 23.4 Å². The van der Waals surface area contributed by atoms with Crippen molar-refractivity contribution in [1.29, 1.82) is 0 Å². The Balaban J connectivity index is 1.98. The van der Waals surface area contributed by atoms with Crippen molar-refractivity contribution in [2.24, 2.45) is 0 Å². The van der Waals surface area contributed by atoms with Crippen molar-refractivity contribution < 1.29 is 9.53 Å². The van der Waals surface area contributed by atoms with E-state index in [1.807, 2.05) is 0 Å². The minimum absolute atomic E-state index is 0.0877. The third-order valence-electron chi connectivity index (χ3n) is 3.15. The lowest BCUT2D eigenvalue weighted by molar-refractivity contribution is -0.113. The highest BCUT2D eigenvalue weighted by atomic mass is 32.2. The monoisotopic (exact) mass is 235 g/mol. The van der Waals surface area contributed by atoms with Gasteiger partial charge in [-0.3, -0.25) is 4.79 Å². The maximum absolute atomic E-state index is 11.3. The zero-order valence-electron chi connectivity index (χ0n) is 9.08. The first-order chi connectivity index (χ1) is 7.67. The van der Waals surface area contributed by atoms with E-state index >= 15 is 0 Å². The number of fused-ring (bicyclic) bond motifs is 1. The van der Waals surface area contributed by atoms with E-state index in [4.69, 9.17) is 4.74 Å². The average Bonchev–Trinajstić information content (AvgIpc) is 2.25. The number of anilines is 1. The second-order valence-corrected chi connectivity index (χ2v) is 5.62. The number of hydrogen-bond donors (Lipinski definition) is 1. The molecule has 0 aromatic heterocycles. The topological polar surface area (TPSA) is 38.3 Å². The minimum atomic E-state index is 0.0877. The van der Waals surface area contributed by atoms with E-state index in [0.29, 0.717) is 5.75 Å². The molecule has 1 saturated heterocycles. The predicted molar refractivity (Wildman–Crippen MR) is 64.0 cm³/mol. The van der Waals surface area contributed by atoms with Gasteiger partial charge in [0.1, 0.15) is 0 Å². The first-order valence-corrected chi connectivity index (χ1v) is 6.31. The lowest BCUT2D eigenvalue weighted by Gasteiger charge is -2.39. The number of thioether (sulfide) groups is 1. The SMILES string of the molecule is CC1(c2ccc3c(c2)NC(=O)CS3)COC1. The second-order valence-electron chi connectivity index (χ2n) is 4.60. The standard InChI is InChI=1S/C12H13NO2S/c1-12(6-15-7-12)8-2-3-10-9(4-8)13-11(14)5-16-10/h2-4H,5-7H2,1H3,(H,13,14). The smallest absolute Gasteiger partial charge is 0.234 e. The van der Waals surface area contributed by atoms with E-state index in [-0.39, 0.29) is 11.3 Å². The minimum Gasteiger partial charge on any atom is -0.379 e. The maximum Gasteiger partial charge on any atom is 0.234 e. The molecule has 84 valence electrons. The molecule has 1 aromatic carbocycles. The number of carbonyl (C=O) groups is 1. The Hall–Kier alpha value is -1.000. The van der Waals surface area contributed by atoms with E-state index in [9.17, 15) is 4.79 Å². The molecule has 1 amide bonds. The summed E-state index contributed by atoms with van der Waals surface area (Å²) in [4.78, 5) is 12.5. The fourth-order valence-electron chi connectivity index (χ4n) is 2.03. The summed E-state index contributed by atoms with van der Waals surface area (Å²) in [5, 5.41) is 2.92. The van der Waals surface area contributed by atoms with Crippen LogP contribution in [0.1, 0.15) is 12.5 Å². The molecule has 2 heterocycles. The Morgan fingerprint density at radius 3 is 2.94 bits per heavy atom. The van der Waals surface area contributed by atoms with Crippen LogP contribution in [0.2, 0.25) is 0 Å². The van der Waals surface area contributed by atoms with E-state index in [1.54, 1.807) is 11.8 Å². The molecule has 1 fully saturated rings. The van der Waals surface area contributed by atoms with Crippen molar-refractivity contribution in [3.8, 4) is 0 Å². The molecule has 1 aromatic rings. The molecule has 0 spiro atoms. The van der Waals surface area contributed by atoms with Gasteiger partial charge < -0.3 is 10.1 Å². The molecule has 0 bridgehead atoms. The summed E-state index contributed by atoms with van der Waals surface area (Å²) < 4.78 is 5.26. The van der Waals surface area contributed by atoms with Gasteiger partial charge in [-0.05, 0) is 17.7 Å². The molecule has 2 aliphatic heterocycles. The quantitative estimate of drug-likeness (QED) is 0.809. The highest BCUT2D eigenvalue weighted by Gasteiger charge is 2.35. The van der Waals surface area contributed by atoms with Crippen molar-refractivity contribution in [2.45, 2.75) is 17.2 Å². The Labute approximate surface area is 98.6 Å². The number of carbonyl (C=O) groups excluding carboxylic acids is 1. The Kier molecular flexibility index (Phi) is 2.23. The van der Waals surface area contributed by atoms with Gasteiger partial charge in [-0.2, -0.15) is 0 Å². The Bertz CT molecular complexity index is 454. The van der Waals surface area contributed by atoms with E-state index in [2.05, 4.69) is 30.4 Å². The van der Waals surface area contributed by atoms with Crippen LogP contribution in [0, 0.1) is 0 Å². The van der Waals surface area contributed by atoms with Gasteiger partial charge in [-0.25, -0.2) is 0 Å². The van der Waals surface area contributed by atoms with Gasteiger partial charge in [0, 0.05) is 10.3 Å². The molecule has 0 unspecified atom stereocenters. The molecular formula is C12H13NO2S. The molecule has 1 N–H and O–H groups in total. The van der Waals surface area contributed by atoms with Crippen LogP contribution in [0.3, 0.4) is 0 Å². The van der Waals surface area contributed by atoms with E-state index in [0.717, 1.165) is 23.8 Å². The lowest BCUT2D eigenvalue weighted by Crippen LogP contribution is -2.43. The molecular weight excluding hydrogens is 222 g/mol. The molecule has 3 nitrogen and oxygen atoms in total. The highest BCUT2D eigenvalue weighted by Crippen LogP contribution is 2.38. The van der Waals surface area contributed by atoms with Crippen molar-refractivity contribution in [3.05, 3.63) is 23.8 Å². The molecule has 3 rings (SSSR count). The van der Waals surface area contributed by atoms with Gasteiger partial charge in [0.25, 0.3) is 0 Å². The molecule has 0 aliphatic carbocycles. The maximum atomic E-state index is 11.3. The van der Waals surface area contributed by atoms with Crippen molar-refractivity contribution in [3.63, 3.8) is 0 Å². The number of ether oxygens (including phenoxy) is 1. The van der Waals surface area contributed by atoms with Gasteiger partial charge in [-0.15, -0.1) is 11.8 Å². The van der Waals surface area contributed by atoms with Gasteiger partial charge in [0.05, 0.1) is 24.7 Å². The summed E-state index contributed by atoms with van der Waals surface area (Å²) in [5.74, 6) is 0.608. The fraction of sp³-hybridized carbons (Fsp3) is 0.417.